The highest BCUT2D eigenvalue weighted by Crippen LogP contribution is 2.20. The molecule has 0 radical (unpaired) electrons. The van der Waals surface area contributed by atoms with Crippen LogP contribution < -0.4 is 5.32 Å². The van der Waals surface area contributed by atoms with Crippen molar-refractivity contribution in [2.24, 2.45) is 0 Å². The summed E-state index contributed by atoms with van der Waals surface area (Å²) in [6.07, 6.45) is 2.67. The first-order valence-electron chi connectivity index (χ1n) is 8.87. The Bertz CT molecular complexity index is 609. The number of rotatable bonds is 3. The summed E-state index contributed by atoms with van der Waals surface area (Å²) in [4.78, 5) is 33.0. The van der Waals surface area contributed by atoms with Gasteiger partial charge in [-0.1, -0.05) is 19.9 Å². The standard InChI is InChI=1S/C18H26N4O2/c1-13(2)15-5-3-6-16(20-15)17(23)21-11-7-14(8-12-21)22-10-4-9-19-18(22)24/h3,5-6,13-14H,4,7-12H2,1-2H3,(H,19,24). The second-order valence-electron chi connectivity index (χ2n) is 6.90. The average molecular weight is 330 g/mol. The highest BCUT2D eigenvalue weighted by molar-refractivity contribution is 5.92. The molecule has 1 aromatic heterocycles. The number of aromatic nitrogens is 1. The number of piperidine rings is 1. The van der Waals surface area contributed by atoms with Crippen LogP contribution in [0.15, 0.2) is 18.2 Å². The maximum atomic E-state index is 12.7. The number of carbonyl (C=O) groups is 2. The molecule has 2 aliphatic heterocycles. The van der Waals surface area contributed by atoms with Crippen molar-refractivity contribution in [2.75, 3.05) is 26.2 Å². The number of amides is 3. The molecule has 6 heteroatoms. The molecular formula is C18H26N4O2. The Hall–Kier alpha value is -2.11. The van der Waals surface area contributed by atoms with Crippen LogP contribution in [0.2, 0.25) is 0 Å². The van der Waals surface area contributed by atoms with E-state index in [1.54, 1.807) is 6.07 Å². The number of hydrogen-bond donors (Lipinski definition) is 1. The average Bonchev–Trinajstić information content (AvgIpc) is 2.62. The minimum absolute atomic E-state index is 0.000884. The van der Waals surface area contributed by atoms with Crippen molar-refractivity contribution in [3.63, 3.8) is 0 Å². The second kappa shape index (κ2) is 7.20. The van der Waals surface area contributed by atoms with Gasteiger partial charge in [-0.05, 0) is 37.3 Å². The van der Waals surface area contributed by atoms with Crippen molar-refractivity contribution in [3.05, 3.63) is 29.6 Å². The summed E-state index contributed by atoms with van der Waals surface area (Å²) in [5.41, 5.74) is 1.47. The Morgan fingerprint density at radius 3 is 2.67 bits per heavy atom. The molecule has 0 atom stereocenters. The molecule has 3 rings (SSSR count). The van der Waals surface area contributed by atoms with Gasteiger partial charge in [0.2, 0.25) is 0 Å². The Labute approximate surface area is 143 Å². The van der Waals surface area contributed by atoms with E-state index in [4.69, 9.17) is 0 Å². The van der Waals surface area contributed by atoms with Crippen LogP contribution in [0.4, 0.5) is 4.79 Å². The number of likely N-dealkylation sites (tertiary alicyclic amines) is 1. The normalized spacial score (nSPS) is 19.5. The van der Waals surface area contributed by atoms with Crippen molar-refractivity contribution in [2.45, 2.75) is 45.1 Å². The molecule has 0 aliphatic carbocycles. The summed E-state index contributed by atoms with van der Waals surface area (Å²) in [5.74, 6) is 0.306. The van der Waals surface area contributed by atoms with Crippen LogP contribution in [0.1, 0.15) is 55.2 Å². The summed E-state index contributed by atoms with van der Waals surface area (Å²) in [5, 5.41) is 2.90. The molecule has 0 bridgehead atoms. The highest BCUT2D eigenvalue weighted by atomic mass is 16.2. The molecule has 0 aromatic carbocycles. The smallest absolute Gasteiger partial charge is 0.317 e. The fraction of sp³-hybridized carbons (Fsp3) is 0.611. The lowest BCUT2D eigenvalue weighted by atomic mass is 10.0. The summed E-state index contributed by atoms with van der Waals surface area (Å²) in [7, 11) is 0. The maximum absolute atomic E-state index is 12.7. The molecule has 0 saturated carbocycles. The van der Waals surface area contributed by atoms with Gasteiger partial charge in [0.15, 0.2) is 0 Å². The van der Waals surface area contributed by atoms with Crippen molar-refractivity contribution < 1.29 is 9.59 Å². The summed E-state index contributed by atoms with van der Waals surface area (Å²) in [6.45, 7) is 7.10. The monoisotopic (exact) mass is 330 g/mol. The molecule has 0 spiro atoms. The van der Waals surface area contributed by atoms with Gasteiger partial charge in [-0.25, -0.2) is 9.78 Å². The number of urea groups is 1. The molecule has 0 unspecified atom stereocenters. The summed E-state index contributed by atoms with van der Waals surface area (Å²) < 4.78 is 0. The Kier molecular flexibility index (Phi) is 5.02. The van der Waals surface area contributed by atoms with Gasteiger partial charge in [-0.3, -0.25) is 4.79 Å². The van der Waals surface area contributed by atoms with Gasteiger partial charge >= 0.3 is 6.03 Å². The molecule has 6 nitrogen and oxygen atoms in total. The van der Waals surface area contributed by atoms with Crippen LogP contribution in [-0.4, -0.2) is 58.9 Å². The van der Waals surface area contributed by atoms with Crippen LogP contribution in [0.3, 0.4) is 0 Å². The number of hydrogen-bond acceptors (Lipinski definition) is 3. The van der Waals surface area contributed by atoms with E-state index < -0.39 is 0 Å². The van der Waals surface area contributed by atoms with Gasteiger partial charge in [-0.15, -0.1) is 0 Å². The minimum atomic E-state index is -0.000884. The zero-order valence-electron chi connectivity index (χ0n) is 14.5. The highest BCUT2D eigenvalue weighted by Gasteiger charge is 2.31. The first kappa shape index (κ1) is 16.7. The van der Waals surface area contributed by atoms with E-state index >= 15 is 0 Å². The Morgan fingerprint density at radius 2 is 2.00 bits per heavy atom. The van der Waals surface area contributed by atoms with Crippen LogP contribution in [0.25, 0.3) is 0 Å². The van der Waals surface area contributed by atoms with Gasteiger partial charge in [0.05, 0.1) is 0 Å². The SMILES string of the molecule is CC(C)c1cccc(C(=O)N2CCC(N3CCCNC3=O)CC2)n1. The molecule has 3 heterocycles. The van der Waals surface area contributed by atoms with E-state index in [-0.39, 0.29) is 18.0 Å². The maximum Gasteiger partial charge on any atom is 0.317 e. The summed E-state index contributed by atoms with van der Waals surface area (Å²) in [6, 6.07) is 5.93. The topological polar surface area (TPSA) is 65.5 Å². The lowest BCUT2D eigenvalue weighted by molar-refractivity contribution is 0.0637. The predicted molar refractivity (Wildman–Crippen MR) is 92.0 cm³/mol. The van der Waals surface area contributed by atoms with Crippen LogP contribution in [-0.2, 0) is 0 Å². The fourth-order valence-corrected chi connectivity index (χ4v) is 3.43. The number of nitrogens with zero attached hydrogens (tertiary/aromatic N) is 3. The van der Waals surface area contributed by atoms with Crippen molar-refractivity contribution in [1.29, 1.82) is 0 Å². The Morgan fingerprint density at radius 1 is 1.25 bits per heavy atom. The van der Waals surface area contributed by atoms with Crippen LogP contribution in [0.5, 0.6) is 0 Å². The zero-order valence-corrected chi connectivity index (χ0v) is 14.5. The molecular weight excluding hydrogens is 304 g/mol. The minimum Gasteiger partial charge on any atom is -0.338 e. The second-order valence-corrected chi connectivity index (χ2v) is 6.90. The Balaban J connectivity index is 1.61. The van der Waals surface area contributed by atoms with Crippen molar-refractivity contribution in [3.8, 4) is 0 Å². The molecule has 1 N–H and O–H groups in total. The van der Waals surface area contributed by atoms with Gasteiger partial charge in [-0.2, -0.15) is 0 Å². The van der Waals surface area contributed by atoms with Crippen LogP contribution in [0, 0.1) is 0 Å². The number of carbonyl (C=O) groups excluding carboxylic acids is 2. The molecule has 2 saturated heterocycles. The predicted octanol–water partition coefficient (Wildman–Crippen LogP) is 2.22. The summed E-state index contributed by atoms with van der Waals surface area (Å²) >= 11 is 0. The largest absolute Gasteiger partial charge is 0.338 e. The third kappa shape index (κ3) is 3.52. The van der Waals surface area contributed by atoms with E-state index in [1.165, 1.54) is 0 Å². The first-order valence-corrected chi connectivity index (χ1v) is 8.87. The molecule has 130 valence electrons. The molecule has 24 heavy (non-hydrogen) atoms. The molecule has 2 aliphatic rings. The van der Waals surface area contributed by atoms with E-state index in [1.807, 2.05) is 21.9 Å². The van der Waals surface area contributed by atoms with Crippen molar-refractivity contribution >= 4 is 11.9 Å². The third-order valence-corrected chi connectivity index (χ3v) is 4.89. The number of nitrogens with one attached hydrogen (secondary N) is 1. The zero-order chi connectivity index (χ0) is 17.1. The van der Waals surface area contributed by atoms with E-state index in [0.29, 0.717) is 24.7 Å². The lowest BCUT2D eigenvalue weighted by Crippen LogP contribution is -2.54. The van der Waals surface area contributed by atoms with E-state index in [2.05, 4.69) is 24.1 Å². The number of pyridine rings is 1. The molecule has 1 aromatic rings. The first-order chi connectivity index (χ1) is 11.6. The van der Waals surface area contributed by atoms with Gasteiger partial charge in [0.25, 0.3) is 5.91 Å². The van der Waals surface area contributed by atoms with Gasteiger partial charge in [0, 0.05) is 37.9 Å². The fourth-order valence-electron chi connectivity index (χ4n) is 3.43. The lowest BCUT2D eigenvalue weighted by Gasteiger charge is -2.40. The van der Waals surface area contributed by atoms with Gasteiger partial charge < -0.3 is 15.1 Å². The van der Waals surface area contributed by atoms with E-state index in [0.717, 1.165) is 38.0 Å². The van der Waals surface area contributed by atoms with Gasteiger partial charge in [0.1, 0.15) is 5.69 Å². The van der Waals surface area contributed by atoms with Crippen molar-refractivity contribution in [1.82, 2.24) is 20.1 Å². The van der Waals surface area contributed by atoms with E-state index in [9.17, 15) is 9.59 Å². The van der Waals surface area contributed by atoms with Crippen LogP contribution >= 0.6 is 0 Å². The molecule has 2 fully saturated rings. The molecule has 3 amide bonds. The third-order valence-electron chi connectivity index (χ3n) is 4.89. The quantitative estimate of drug-likeness (QED) is 0.924.